The maximum atomic E-state index is 11.6. The molecule has 0 fully saturated rings. The molecule has 78 valence electrons. The smallest absolute Gasteiger partial charge is 0.522 e. The van der Waals surface area contributed by atoms with E-state index < -0.39 is 24.4 Å². The van der Waals surface area contributed by atoms with Crippen LogP contribution in [0.1, 0.15) is 20.3 Å². The Balaban J connectivity index is 4.22. The van der Waals surface area contributed by atoms with Gasteiger partial charge in [-0.3, -0.25) is 4.74 Å². The van der Waals surface area contributed by atoms with Gasteiger partial charge in [0.1, 0.15) is 0 Å². The summed E-state index contributed by atoms with van der Waals surface area (Å²) in [6, 6.07) is 0. The number of carbonyl (C=O) groups is 1. The molecule has 0 bridgehead atoms. The summed E-state index contributed by atoms with van der Waals surface area (Å²) in [5, 5.41) is 10.3. The monoisotopic (exact) mass is 199 g/mol. The molecular weight excluding hydrogens is 189 g/mol. The largest absolute Gasteiger partial charge is 0.550 e. The van der Waals surface area contributed by atoms with Crippen LogP contribution in [0, 0.1) is 5.92 Å². The van der Waals surface area contributed by atoms with Crippen LogP contribution in [-0.4, -0.2) is 18.4 Å². The standard InChI is InChI=1S/C7H11F3O3/c1-3-5(6(11)12)4(2)13-7(8,9)10/h4-5H,3H2,1-2H3,(H,11,12)/p-1. The zero-order chi connectivity index (χ0) is 10.6. The van der Waals surface area contributed by atoms with Gasteiger partial charge in [0.25, 0.3) is 0 Å². The van der Waals surface area contributed by atoms with Gasteiger partial charge >= 0.3 is 6.36 Å². The molecule has 0 saturated carbocycles. The molecule has 0 aliphatic rings. The molecule has 3 nitrogen and oxygen atoms in total. The van der Waals surface area contributed by atoms with E-state index in [0.29, 0.717) is 0 Å². The third-order valence-electron chi connectivity index (χ3n) is 1.63. The molecular formula is C7H10F3O3-. The van der Waals surface area contributed by atoms with Crippen molar-refractivity contribution in [3.63, 3.8) is 0 Å². The van der Waals surface area contributed by atoms with Crippen LogP contribution >= 0.6 is 0 Å². The Labute approximate surface area is 73.5 Å². The van der Waals surface area contributed by atoms with E-state index in [9.17, 15) is 23.1 Å². The average molecular weight is 199 g/mol. The molecule has 0 aliphatic heterocycles. The van der Waals surface area contributed by atoms with E-state index >= 15 is 0 Å². The van der Waals surface area contributed by atoms with Crippen LogP contribution in [0.15, 0.2) is 0 Å². The molecule has 2 atom stereocenters. The van der Waals surface area contributed by atoms with E-state index in [1.54, 1.807) is 0 Å². The van der Waals surface area contributed by atoms with Crippen LogP contribution in [0.2, 0.25) is 0 Å². The number of aliphatic carboxylic acids is 1. The normalized spacial score (nSPS) is 16.7. The number of alkyl halides is 3. The second-order valence-corrected chi connectivity index (χ2v) is 2.60. The van der Waals surface area contributed by atoms with E-state index in [0.717, 1.165) is 6.92 Å². The first-order chi connectivity index (χ1) is 5.78. The Morgan fingerprint density at radius 1 is 1.54 bits per heavy atom. The van der Waals surface area contributed by atoms with Crippen molar-refractivity contribution in [1.82, 2.24) is 0 Å². The molecule has 0 rings (SSSR count). The number of halogens is 3. The molecule has 0 aromatic carbocycles. The number of ether oxygens (including phenoxy) is 1. The van der Waals surface area contributed by atoms with Crippen LogP contribution in [0.5, 0.6) is 0 Å². The van der Waals surface area contributed by atoms with Crippen molar-refractivity contribution in [1.29, 1.82) is 0 Å². The molecule has 0 spiro atoms. The lowest BCUT2D eigenvalue weighted by Gasteiger charge is -2.24. The first-order valence-electron chi connectivity index (χ1n) is 3.73. The number of rotatable bonds is 4. The Kier molecular flexibility index (Phi) is 4.19. The summed E-state index contributed by atoms with van der Waals surface area (Å²) >= 11 is 0. The number of hydrogen-bond donors (Lipinski definition) is 0. The van der Waals surface area contributed by atoms with E-state index in [-0.39, 0.29) is 6.42 Å². The Morgan fingerprint density at radius 3 is 2.23 bits per heavy atom. The Morgan fingerprint density at radius 2 is 2.00 bits per heavy atom. The van der Waals surface area contributed by atoms with Crippen LogP contribution < -0.4 is 5.11 Å². The van der Waals surface area contributed by atoms with Gasteiger partial charge in [0, 0.05) is 11.9 Å². The van der Waals surface area contributed by atoms with E-state index in [1.165, 1.54) is 6.92 Å². The highest BCUT2D eigenvalue weighted by atomic mass is 19.4. The number of hydrogen-bond acceptors (Lipinski definition) is 3. The number of carboxylic acids is 1. The van der Waals surface area contributed by atoms with Crippen molar-refractivity contribution in [2.75, 3.05) is 0 Å². The van der Waals surface area contributed by atoms with Crippen molar-refractivity contribution in [2.45, 2.75) is 32.7 Å². The lowest BCUT2D eigenvalue weighted by molar-refractivity contribution is -0.354. The fourth-order valence-electron chi connectivity index (χ4n) is 0.983. The predicted octanol–water partition coefficient (Wildman–Crippen LogP) is 0.687. The summed E-state index contributed by atoms with van der Waals surface area (Å²) in [5.74, 6) is -2.76. The quantitative estimate of drug-likeness (QED) is 0.669. The molecule has 0 heterocycles. The Bertz CT molecular complexity index is 178. The zero-order valence-electron chi connectivity index (χ0n) is 7.22. The minimum atomic E-state index is -4.80. The van der Waals surface area contributed by atoms with Crippen molar-refractivity contribution in [3.8, 4) is 0 Å². The summed E-state index contributed by atoms with van der Waals surface area (Å²) < 4.78 is 38.4. The molecule has 0 radical (unpaired) electrons. The average Bonchev–Trinajstić information content (AvgIpc) is 1.82. The van der Waals surface area contributed by atoms with E-state index in [2.05, 4.69) is 4.74 Å². The highest BCUT2D eigenvalue weighted by Crippen LogP contribution is 2.23. The predicted molar refractivity (Wildman–Crippen MR) is 35.4 cm³/mol. The summed E-state index contributed by atoms with van der Waals surface area (Å²) in [4.78, 5) is 10.3. The van der Waals surface area contributed by atoms with Crippen molar-refractivity contribution < 1.29 is 27.8 Å². The first kappa shape index (κ1) is 12.2. The fraction of sp³-hybridized carbons (Fsp3) is 0.857. The van der Waals surface area contributed by atoms with Crippen LogP contribution in [0.3, 0.4) is 0 Å². The second kappa shape index (κ2) is 4.45. The minimum Gasteiger partial charge on any atom is -0.550 e. The van der Waals surface area contributed by atoms with Gasteiger partial charge in [-0.25, -0.2) is 0 Å². The zero-order valence-corrected chi connectivity index (χ0v) is 7.22. The minimum absolute atomic E-state index is 0.0413. The molecule has 6 heteroatoms. The maximum Gasteiger partial charge on any atom is 0.522 e. The molecule has 0 N–H and O–H groups in total. The first-order valence-corrected chi connectivity index (χ1v) is 3.73. The Hall–Kier alpha value is -0.780. The van der Waals surface area contributed by atoms with Gasteiger partial charge in [-0.15, -0.1) is 13.2 Å². The number of carboxylic acid groups (broad SMARTS) is 1. The van der Waals surface area contributed by atoms with Gasteiger partial charge in [0.15, 0.2) is 0 Å². The molecule has 2 unspecified atom stereocenters. The third kappa shape index (κ3) is 4.72. The third-order valence-corrected chi connectivity index (χ3v) is 1.63. The highest BCUT2D eigenvalue weighted by Gasteiger charge is 2.34. The van der Waals surface area contributed by atoms with Crippen LogP contribution in [-0.2, 0) is 9.53 Å². The molecule has 0 aliphatic carbocycles. The molecule has 0 aromatic rings. The van der Waals surface area contributed by atoms with Gasteiger partial charge in [-0.2, -0.15) is 0 Å². The van der Waals surface area contributed by atoms with Crippen LogP contribution in [0.25, 0.3) is 0 Å². The summed E-state index contributed by atoms with van der Waals surface area (Å²) in [6.45, 7) is 2.51. The molecule has 0 amide bonds. The van der Waals surface area contributed by atoms with Crippen molar-refractivity contribution in [3.05, 3.63) is 0 Å². The van der Waals surface area contributed by atoms with Crippen molar-refractivity contribution in [2.24, 2.45) is 5.92 Å². The van der Waals surface area contributed by atoms with Crippen LogP contribution in [0.4, 0.5) is 13.2 Å². The highest BCUT2D eigenvalue weighted by molar-refractivity contribution is 5.68. The van der Waals surface area contributed by atoms with Gasteiger partial charge in [-0.05, 0) is 13.3 Å². The van der Waals surface area contributed by atoms with E-state index in [4.69, 9.17) is 0 Å². The maximum absolute atomic E-state index is 11.6. The van der Waals surface area contributed by atoms with Gasteiger partial charge in [0.05, 0.1) is 6.10 Å². The SMILES string of the molecule is CCC(C(=O)[O-])C(C)OC(F)(F)F. The fourth-order valence-corrected chi connectivity index (χ4v) is 0.983. The molecule has 0 aromatic heterocycles. The number of carbonyl (C=O) groups excluding carboxylic acids is 1. The van der Waals surface area contributed by atoms with Gasteiger partial charge < -0.3 is 9.90 Å². The van der Waals surface area contributed by atoms with Gasteiger partial charge in [0.2, 0.25) is 0 Å². The van der Waals surface area contributed by atoms with Gasteiger partial charge in [-0.1, -0.05) is 6.92 Å². The molecule has 0 saturated heterocycles. The van der Waals surface area contributed by atoms with E-state index in [1.807, 2.05) is 0 Å². The second-order valence-electron chi connectivity index (χ2n) is 2.60. The lowest BCUT2D eigenvalue weighted by atomic mass is 10.0. The topological polar surface area (TPSA) is 49.4 Å². The van der Waals surface area contributed by atoms with Crippen molar-refractivity contribution >= 4 is 5.97 Å². The summed E-state index contributed by atoms with van der Waals surface area (Å²) in [6.07, 6.45) is -6.18. The summed E-state index contributed by atoms with van der Waals surface area (Å²) in [7, 11) is 0. The lowest BCUT2D eigenvalue weighted by Crippen LogP contribution is -2.40. The summed E-state index contributed by atoms with van der Waals surface area (Å²) in [5.41, 5.74) is 0. The molecule has 13 heavy (non-hydrogen) atoms.